The van der Waals surface area contributed by atoms with Gasteiger partial charge in [-0.25, -0.2) is 0 Å². The molecule has 0 radical (unpaired) electrons. The zero-order valence-electron chi connectivity index (χ0n) is 14.7. The summed E-state index contributed by atoms with van der Waals surface area (Å²) in [6.45, 7) is 4.21. The monoisotopic (exact) mass is 388 g/mol. The van der Waals surface area contributed by atoms with Gasteiger partial charge in [0.25, 0.3) is 0 Å². The third-order valence-electron chi connectivity index (χ3n) is 5.01. The van der Waals surface area contributed by atoms with E-state index >= 15 is 0 Å². The molecule has 2 aliphatic heterocycles. The highest BCUT2D eigenvalue weighted by atomic mass is 35.5. The smallest absolute Gasteiger partial charge is 0.185 e. The SMILES string of the molecule is CC1(C)CC2(CC(c3ccccc3Cl)c3ccc(O)cc3O2)NC(=S)N1. The van der Waals surface area contributed by atoms with Crippen molar-refractivity contribution >= 4 is 28.9 Å². The van der Waals surface area contributed by atoms with Crippen LogP contribution in [0.2, 0.25) is 5.02 Å². The molecular weight excluding hydrogens is 368 g/mol. The molecule has 0 bridgehead atoms. The molecule has 0 saturated carbocycles. The number of nitrogens with one attached hydrogen (secondary N) is 2. The van der Waals surface area contributed by atoms with E-state index in [1.807, 2.05) is 30.3 Å². The van der Waals surface area contributed by atoms with Crippen LogP contribution in [0, 0.1) is 0 Å². The molecule has 2 aromatic carbocycles. The van der Waals surface area contributed by atoms with Crippen molar-refractivity contribution < 1.29 is 9.84 Å². The van der Waals surface area contributed by atoms with Crippen LogP contribution in [0.1, 0.15) is 43.7 Å². The first-order valence-corrected chi connectivity index (χ1v) is 9.42. The lowest BCUT2D eigenvalue weighted by Crippen LogP contribution is -2.69. The number of halogens is 1. The molecule has 1 spiro atoms. The molecule has 0 aliphatic carbocycles. The molecule has 1 fully saturated rings. The average molecular weight is 389 g/mol. The van der Waals surface area contributed by atoms with Crippen LogP contribution in [0.25, 0.3) is 0 Å². The molecule has 4 nitrogen and oxygen atoms in total. The van der Waals surface area contributed by atoms with Gasteiger partial charge in [-0.2, -0.15) is 0 Å². The number of phenolic OH excluding ortho intramolecular Hbond substituents is 1. The number of thiocarbonyl (C=S) groups is 1. The molecule has 0 amide bonds. The largest absolute Gasteiger partial charge is 0.508 e. The highest BCUT2D eigenvalue weighted by Gasteiger charge is 2.48. The van der Waals surface area contributed by atoms with E-state index in [0.717, 1.165) is 22.6 Å². The molecule has 2 aromatic rings. The van der Waals surface area contributed by atoms with Gasteiger partial charge in [0, 0.05) is 41.0 Å². The number of hydrogen-bond acceptors (Lipinski definition) is 3. The van der Waals surface area contributed by atoms with Gasteiger partial charge in [-0.1, -0.05) is 35.9 Å². The molecule has 0 aromatic heterocycles. The molecule has 2 heterocycles. The van der Waals surface area contributed by atoms with Crippen LogP contribution >= 0.6 is 23.8 Å². The molecule has 2 atom stereocenters. The van der Waals surface area contributed by atoms with E-state index in [1.165, 1.54) is 0 Å². The van der Waals surface area contributed by atoms with Gasteiger partial charge in [0.2, 0.25) is 0 Å². The molecule has 136 valence electrons. The van der Waals surface area contributed by atoms with Gasteiger partial charge in [-0.05, 0) is 43.8 Å². The number of phenols is 1. The number of hydrogen-bond donors (Lipinski definition) is 3. The lowest BCUT2D eigenvalue weighted by atomic mass is 9.77. The summed E-state index contributed by atoms with van der Waals surface area (Å²) in [4.78, 5) is 0. The first-order chi connectivity index (χ1) is 12.3. The van der Waals surface area contributed by atoms with Gasteiger partial charge >= 0.3 is 0 Å². The Morgan fingerprint density at radius 1 is 1.15 bits per heavy atom. The van der Waals surface area contributed by atoms with E-state index in [4.69, 9.17) is 28.6 Å². The maximum absolute atomic E-state index is 9.98. The van der Waals surface area contributed by atoms with Gasteiger partial charge in [0.05, 0.1) is 0 Å². The highest BCUT2D eigenvalue weighted by molar-refractivity contribution is 7.80. The van der Waals surface area contributed by atoms with Gasteiger partial charge in [0.1, 0.15) is 11.5 Å². The van der Waals surface area contributed by atoms with E-state index in [9.17, 15) is 5.11 Å². The number of ether oxygens (including phenoxy) is 1. The Morgan fingerprint density at radius 3 is 2.65 bits per heavy atom. The first kappa shape index (κ1) is 17.4. The van der Waals surface area contributed by atoms with Crippen molar-refractivity contribution in [2.75, 3.05) is 0 Å². The number of fused-ring (bicyclic) bond motifs is 1. The number of rotatable bonds is 1. The van der Waals surface area contributed by atoms with Gasteiger partial charge in [-0.3, -0.25) is 0 Å². The van der Waals surface area contributed by atoms with Crippen molar-refractivity contribution in [2.24, 2.45) is 0 Å². The predicted octanol–water partition coefficient (Wildman–Crippen LogP) is 4.30. The summed E-state index contributed by atoms with van der Waals surface area (Å²) in [5.74, 6) is 0.876. The maximum atomic E-state index is 9.98. The molecule has 6 heteroatoms. The summed E-state index contributed by atoms with van der Waals surface area (Å²) >= 11 is 12.0. The lowest BCUT2D eigenvalue weighted by molar-refractivity contribution is -0.0128. The molecule has 26 heavy (non-hydrogen) atoms. The fraction of sp³-hybridized carbons (Fsp3) is 0.350. The number of benzene rings is 2. The molecule has 3 N–H and O–H groups in total. The van der Waals surface area contributed by atoms with Gasteiger partial charge < -0.3 is 20.5 Å². The van der Waals surface area contributed by atoms with Gasteiger partial charge in [0.15, 0.2) is 10.8 Å². The van der Waals surface area contributed by atoms with E-state index in [1.54, 1.807) is 12.1 Å². The van der Waals surface area contributed by atoms with E-state index in [2.05, 4.69) is 24.5 Å². The Kier molecular flexibility index (Phi) is 4.04. The first-order valence-electron chi connectivity index (χ1n) is 8.64. The summed E-state index contributed by atoms with van der Waals surface area (Å²) in [6, 6.07) is 13.1. The Bertz CT molecular complexity index is 886. The maximum Gasteiger partial charge on any atom is 0.185 e. The second-order valence-corrected chi connectivity index (χ2v) is 8.55. The Balaban J connectivity index is 1.84. The zero-order valence-corrected chi connectivity index (χ0v) is 16.2. The summed E-state index contributed by atoms with van der Waals surface area (Å²) in [7, 11) is 0. The van der Waals surface area contributed by atoms with Crippen molar-refractivity contribution in [2.45, 2.75) is 43.9 Å². The van der Waals surface area contributed by atoms with Crippen LogP contribution in [0.4, 0.5) is 0 Å². The third kappa shape index (κ3) is 3.10. The van der Waals surface area contributed by atoms with E-state index < -0.39 is 5.72 Å². The number of aromatic hydroxyl groups is 1. The third-order valence-corrected chi connectivity index (χ3v) is 5.56. The quantitative estimate of drug-likeness (QED) is 0.636. The minimum Gasteiger partial charge on any atom is -0.508 e. The van der Waals surface area contributed by atoms with Crippen LogP contribution < -0.4 is 15.4 Å². The lowest BCUT2D eigenvalue weighted by Gasteiger charge is -2.50. The Hall–Kier alpha value is -1.98. The zero-order chi connectivity index (χ0) is 18.5. The van der Waals surface area contributed by atoms with Crippen molar-refractivity contribution in [3.63, 3.8) is 0 Å². The van der Waals surface area contributed by atoms with E-state index in [-0.39, 0.29) is 17.2 Å². The topological polar surface area (TPSA) is 53.5 Å². The van der Waals surface area contributed by atoms with Gasteiger partial charge in [-0.15, -0.1) is 0 Å². The van der Waals surface area contributed by atoms with Crippen LogP contribution in [0.5, 0.6) is 11.5 Å². The molecule has 2 unspecified atom stereocenters. The van der Waals surface area contributed by atoms with Crippen molar-refractivity contribution in [1.29, 1.82) is 0 Å². The second kappa shape index (κ2) is 6.03. The summed E-state index contributed by atoms with van der Waals surface area (Å²) in [5.41, 5.74) is 1.21. The average Bonchev–Trinajstić information content (AvgIpc) is 2.52. The fourth-order valence-electron chi connectivity index (χ4n) is 4.16. The van der Waals surface area contributed by atoms with Crippen molar-refractivity contribution in [3.05, 3.63) is 58.6 Å². The summed E-state index contributed by atoms with van der Waals surface area (Å²) in [6.07, 6.45) is 1.41. The fourth-order valence-corrected chi connectivity index (χ4v) is 4.89. The predicted molar refractivity (Wildman–Crippen MR) is 107 cm³/mol. The Morgan fingerprint density at radius 2 is 1.92 bits per heavy atom. The van der Waals surface area contributed by atoms with Crippen molar-refractivity contribution in [3.8, 4) is 11.5 Å². The minimum absolute atomic E-state index is 0.0391. The van der Waals surface area contributed by atoms with Crippen LogP contribution in [0.15, 0.2) is 42.5 Å². The van der Waals surface area contributed by atoms with Crippen LogP contribution in [0.3, 0.4) is 0 Å². The van der Waals surface area contributed by atoms with Crippen molar-refractivity contribution in [1.82, 2.24) is 10.6 Å². The normalized spacial score (nSPS) is 26.4. The summed E-state index contributed by atoms with van der Waals surface area (Å²) < 4.78 is 6.40. The standard InChI is InChI=1S/C20H21ClN2O2S/c1-19(2)11-20(23-18(26)22-19)10-15(13-5-3-4-6-16(13)21)14-8-7-12(24)9-17(14)25-20/h3-9,15,24H,10-11H2,1-2H3,(H2,22,23,26). The minimum atomic E-state index is -0.656. The molecular formula is C20H21ClN2O2S. The van der Waals surface area contributed by atoms with Crippen LogP contribution in [-0.2, 0) is 0 Å². The second-order valence-electron chi connectivity index (χ2n) is 7.74. The highest BCUT2D eigenvalue weighted by Crippen LogP contribution is 2.48. The van der Waals surface area contributed by atoms with E-state index in [0.29, 0.717) is 17.3 Å². The van der Waals surface area contributed by atoms with Crippen LogP contribution in [-0.4, -0.2) is 21.5 Å². The molecule has 2 aliphatic rings. The Labute approximate surface area is 163 Å². The molecule has 4 rings (SSSR count). The molecule has 1 saturated heterocycles. The summed E-state index contributed by atoms with van der Waals surface area (Å²) in [5, 5.41) is 17.9.